The van der Waals surface area contributed by atoms with Crippen LogP contribution in [0.4, 0.5) is 0 Å². The zero-order valence-corrected chi connectivity index (χ0v) is 32.4. The van der Waals surface area contributed by atoms with Gasteiger partial charge in [0.1, 0.15) is 11.5 Å². The number of halogens is 1. The van der Waals surface area contributed by atoms with Crippen LogP contribution in [0.1, 0.15) is 93.7 Å². The van der Waals surface area contributed by atoms with Crippen LogP contribution in [0.15, 0.2) is 95.5 Å². The molecule has 0 spiro atoms. The van der Waals surface area contributed by atoms with Gasteiger partial charge in [-0.25, -0.2) is 4.79 Å². The number of carbonyl (C=O) groups is 1. The zero-order valence-electron chi connectivity index (χ0n) is 30.8. The molecule has 12 rings (SSSR count). The van der Waals surface area contributed by atoms with Gasteiger partial charge in [-0.2, -0.15) is 0 Å². The van der Waals surface area contributed by atoms with Gasteiger partial charge < -0.3 is 14.9 Å². The molecule has 274 valence electrons. The van der Waals surface area contributed by atoms with Crippen LogP contribution < -0.4 is 0 Å². The molecule has 0 amide bonds. The maximum absolute atomic E-state index is 11.3. The molecule has 0 aromatic heterocycles. The zero-order chi connectivity index (χ0) is 36.3. The van der Waals surface area contributed by atoms with Crippen molar-refractivity contribution in [3.63, 3.8) is 0 Å². The van der Waals surface area contributed by atoms with Gasteiger partial charge in [0.2, 0.25) is 0 Å². The second kappa shape index (κ2) is 13.8. The van der Waals surface area contributed by atoms with E-state index in [1.54, 1.807) is 6.08 Å². The second-order valence-corrected chi connectivity index (χ2v) is 18.8. The molecule has 8 saturated carbocycles. The molecular weight excluding hydrogens is 720 g/mol. The Hall–Kier alpha value is -3.83. The molecule has 5 heteroatoms. The maximum atomic E-state index is 11.3. The summed E-state index contributed by atoms with van der Waals surface area (Å²) in [5.74, 6) is 5.87. The average Bonchev–Trinajstić information content (AvgIpc) is 3.14. The van der Waals surface area contributed by atoms with Crippen molar-refractivity contribution in [2.24, 2.45) is 35.5 Å². The first-order valence-corrected chi connectivity index (χ1v) is 20.7. The molecule has 8 aliphatic rings. The number of carbonyl (C=O) groups excluding carboxylic acids is 1. The van der Waals surface area contributed by atoms with Crippen molar-refractivity contribution in [1.82, 2.24) is 0 Å². The van der Waals surface area contributed by atoms with Crippen molar-refractivity contribution in [2.45, 2.75) is 87.9 Å². The molecule has 4 aromatic rings. The molecule has 4 aromatic carbocycles. The lowest BCUT2D eigenvalue weighted by molar-refractivity contribution is -0.134. The lowest BCUT2D eigenvalue weighted by atomic mass is 9.48. The van der Waals surface area contributed by atoms with Crippen LogP contribution in [0, 0.1) is 35.5 Å². The quantitative estimate of drug-likeness (QED) is 0.151. The van der Waals surface area contributed by atoms with E-state index in [1.807, 2.05) is 30.3 Å². The minimum absolute atomic E-state index is 0.179. The first-order valence-electron chi connectivity index (χ1n) is 20.0. The fourth-order valence-electron chi connectivity index (χ4n) is 12.8. The highest BCUT2D eigenvalue weighted by molar-refractivity contribution is 9.10. The Morgan fingerprint density at radius 3 is 1.32 bits per heavy atom. The van der Waals surface area contributed by atoms with Crippen LogP contribution in [0.3, 0.4) is 0 Å². The summed E-state index contributed by atoms with van der Waals surface area (Å²) in [5, 5.41) is 21.5. The Morgan fingerprint density at radius 2 is 0.943 bits per heavy atom. The first-order chi connectivity index (χ1) is 25.7. The molecule has 0 saturated heterocycles. The van der Waals surface area contributed by atoms with E-state index in [9.17, 15) is 15.0 Å². The van der Waals surface area contributed by atoms with Gasteiger partial charge in [-0.15, -0.1) is 0 Å². The lowest BCUT2D eigenvalue weighted by Gasteiger charge is -2.57. The van der Waals surface area contributed by atoms with E-state index in [-0.39, 0.29) is 16.8 Å². The summed E-state index contributed by atoms with van der Waals surface area (Å²) >= 11 is 3.51. The van der Waals surface area contributed by atoms with Gasteiger partial charge in [0.15, 0.2) is 0 Å². The Morgan fingerprint density at radius 1 is 0.585 bits per heavy atom. The second-order valence-electron chi connectivity index (χ2n) is 17.8. The predicted octanol–water partition coefficient (Wildman–Crippen LogP) is 12.0. The average molecular weight is 772 g/mol. The van der Waals surface area contributed by atoms with Gasteiger partial charge in [0.05, 0.1) is 7.11 Å². The van der Waals surface area contributed by atoms with Crippen LogP contribution in [-0.4, -0.2) is 23.3 Å². The molecule has 0 heterocycles. The molecule has 0 radical (unpaired) electrons. The lowest BCUT2D eigenvalue weighted by Crippen LogP contribution is -2.48. The standard InChI is InChI=1S/C26H28O3.C22H23BrO/c1-29-25(28)9-4-17-2-5-21(6-3-17)22-7-8-24(27)23(13-22)26-14-18-10-19(15-26)12-20(11-18)16-26;23-19-4-1-17(2-5-19)18-3-6-21(24)20(10-18)22-11-14-7-15(12-22)9-16(8-14)13-22/h2-9,13,18-20,27H,10-12,14-16H2,1H3;1-6,10,14-16,24H,7-9,11-13H2/b9-4+;. The normalized spacial score (nSPS) is 31.7. The van der Waals surface area contributed by atoms with E-state index >= 15 is 0 Å². The summed E-state index contributed by atoms with van der Waals surface area (Å²) in [5.41, 5.74) is 8.51. The molecule has 53 heavy (non-hydrogen) atoms. The summed E-state index contributed by atoms with van der Waals surface area (Å²) in [6.07, 6.45) is 19.3. The summed E-state index contributed by atoms with van der Waals surface area (Å²) in [4.78, 5) is 11.3. The molecular formula is C48H51BrO4. The number of hydrogen-bond donors (Lipinski definition) is 2. The fraction of sp³-hybridized carbons (Fsp3) is 0.438. The molecule has 2 N–H and O–H groups in total. The Bertz CT molecular complexity index is 1960. The van der Waals surface area contributed by atoms with E-state index in [2.05, 4.69) is 75.3 Å². The SMILES string of the molecule is COC(=O)/C=C/c1ccc(-c2ccc(O)c(C34CC5CC(CC(C5)C3)C4)c2)cc1.Oc1ccc(-c2ccc(Br)cc2)cc1C12CC3CC(CC(C3)C1)C2. The molecule has 8 aliphatic carbocycles. The topological polar surface area (TPSA) is 66.8 Å². The van der Waals surface area contributed by atoms with Gasteiger partial charge in [-0.1, -0.05) is 64.5 Å². The molecule has 0 atom stereocenters. The van der Waals surface area contributed by atoms with Gasteiger partial charge in [-0.3, -0.25) is 0 Å². The Labute approximate surface area is 322 Å². The van der Waals surface area contributed by atoms with Gasteiger partial charge in [0, 0.05) is 21.7 Å². The summed E-state index contributed by atoms with van der Waals surface area (Å²) in [6.45, 7) is 0. The number of rotatable bonds is 6. The van der Waals surface area contributed by atoms with E-state index in [1.165, 1.54) is 112 Å². The summed E-state index contributed by atoms with van der Waals surface area (Å²) in [7, 11) is 1.38. The van der Waals surface area contributed by atoms with Gasteiger partial charge >= 0.3 is 5.97 Å². The third-order valence-electron chi connectivity index (χ3n) is 14.2. The largest absolute Gasteiger partial charge is 0.508 e. The van der Waals surface area contributed by atoms with Crippen LogP contribution in [-0.2, 0) is 20.4 Å². The van der Waals surface area contributed by atoms with Crippen molar-refractivity contribution in [3.8, 4) is 33.8 Å². The highest BCUT2D eigenvalue weighted by atomic mass is 79.9. The molecule has 8 fully saturated rings. The molecule has 8 bridgehead atoms. The van der Waals surface area contributed by atoms with E-state index in [0.29, 0.717) is 11.5 Å². The van der Waals surface area contributed by atoms with Gasteiger partial charge in [0.25, 0.3) is 0 Å². The number of hydrogen-bond acceptors (Lipinski definition) is 4. The minimum Gasteiger partial charge on any atom is -0.508 e. The van der Waals surface area contributed by atoms with Crippen LogP contribution >= 0.6 is 15.9 Å². The number of ether oxygens (including phenoxy) is 1. The van der Waals surface area contributed by atoms with Crippen molar-refractivity contribution in [2.75, 3.05) is 7.11 Å². The monoisotopic (exact) mass is 770 g/mol. The van der Waals surface area contributed by atoms with Gasteiger partial charge in [-0.05, 0) is 194 Å². The Kier molecular flexibility index (Phi) is 9.08. The van der Waals surface area contributed by atoms with Crippen molar-refractivity contribution < 1.29 is 19.7 Å². The maximum Gasteiger partial charge on any atom is 0.330 e. The smallest absolute Gasteiger partial charge is 0.330 e. The first kappa shape index (κ1) is 34.9. The fourth-order valence-corrected chi connectivity index (χ4v) is 13.1. The van der Waals surface area contributed by atoms with Crippen molar-refractivity contribution >= 4 is 28.0 Å². The predicted molar refractivity (Wildman–Crippen MR) is 216 cm³/mol. The third-order valence-corrected chi connectivity index (χ3v) is 14.8. The number of phenols is 2. The van der Waals surface area contributed by atoms with Crippen molar-refractivity contribution in [1.29, 1.82) is 0 Å². The number of phenolic OH excluding ortho intramolecular Hbond substituents is 2. The highest BCUT2D eigenvalue weighted by Gasteiger charge is 2.53. The van der Waals surface area contributed by atoms with E-state index < -0.39 is 0 Å². The number of esters is 1. The molecule has 0 unspecified atom stereocenters. The van der Waals surface area contributed by atoms with Crippen LogP contribution in [0.2, 0.25) is 0 Å². The summed E-state index contributed by atoms with van der Waals surface area (Å²) in [6, 6.07) is 29.0. The number of benzene rings is 4. The highest BCUT2D eigenvalue weighted by Crippen LogP contribution is 2.63. The van der Waals surface area contributed by atoms with E-state index in [0.717, 1.165) is 56.7 Å². The minimum atomic E-state index is -0.354. The van der Waals surface area contributed by atoms with Crippen molar-refractivity contribution in [3.05, 3.63) is 112 Å². The third kappa shape index (κ3) is 6.77. The number of aromatic hydroxyl groups is 2. The molecule has 4 nitrogen and oxygen atoms in total. The van der Waals surface area contributed by atoms with Crippen LogP contribution in [0.25, 0.3) is 28.3 Å². The Balaban J connectivity index is 0.000000143. The van der Waals surface area contributed by atoms with Crippen LogP contribution in [0.5, 0.6) is 11.5 Å². The summed E-state index contributed by atoms with van der Waals surface area (Å²) < 4.78 is 5.74. The molecule has 0 aliphatic heterocycles. The number of methoxy groups -OCH3 is 1. The van der Waals surface area contributed by atoms with E-state index in [4.69, 9.17) is 0 Å².